The van der Waals surface area contributed by atoms with Crippen LogP contribution in [0.2, 0.25) is 0 Å². The van der Waals surface area contributed by atoms with Gasteiger partial charge in [-0.15, -0.1) is 0 Å². The van der Waals surface area contributed by atoms with E-state index >= 15 is 0 Å². The van der Waals surface area contributed by atoms with Gasteiger partial charge in [0.05, 0.1) is 10.9 Å². The number of pyridine rings is 1. The summed E-state index contributed by atoms with van der Waals surface area (Å²) in [4.78, 5) is 0. The average Bonchev–Trinajstić information content (AvgIpc) is 2.93. The molecule has 164 valence electrons. The van der Waals surface area contributed by atoms with Crippen LogP contribution in [0, 0.1) is 5.92 Å². The van der Waals surface area contributed by atoms with Crippen molar-refractivity contribution in [1.29, 1.82) is 0 Å². The first-order chi connectivity index (χ1) is 15.6. The lowest BCUT2D eigenvalue weighted by molar-refractivity contribution is -0.691. The molecule has 0 saturated carbocycles. The van der Waals surface area contributed by atoms with Gasteiger partial charge >= 0.3 is 0 Å². The minimum absolute atomic E-state index is 0.192. The fraction of sp³-hybridized carbons (Fsp3) is 0.387. The molecule has 2 heterocycles. The summed E-state index contributed by atoms with van der Waals surface area (Å²) in [7, 11) is 0. The van der Waals surface area contributed by atoms with E-state index in [1.165, 1.54) is 64.0 Å². The van der Waals surface area contributed by atoms with Crippen molar-refractivity contribution in [3.63, 3.8) is 0 Å². The van der Waals surface area contributed by atoms with Crippen LogP contribution in [0.25, 0.3) is 32.8 Å². The van der Waals surface area contributed by atoms with Crippen LogP contribution in [0.5, 0.6) is 0 Å². The molecule has 0 spiro atoms. The number of unbranched alkanes of at least 4 members (excludes halogenated alkanes) is 1. The van der Waals surface area contributed by atoms with E-state index in [-0.39, 0.29) is 5.41 Å². The molecule has 0 bridgehead atoms. The van der Waals surface area contributed by atoms with Crippen LogP contribution in [0.15, 0.2) is 66.9 Å². The maximum Gasteiger partial charge on any atom is 0.220 e. The number of aryl methyl sites for hydroxylation is 1. The highest BCUT2D eigenvalue weighted by Gasteiger charge is 2.43. The van der Waals surface area contributed by atoms with E-state index in [9.17, 15) is 0 Å². The standard InChI is InChI=1S/C31H36N/c1-5-8-12-23-15-11-16-27-26(23)17-18-32-21-22(4)31(6-2,7-3)29-20-25-14-10-9-13-24(25)19-28(29)30(27)32/h9-11,13-20,22H,5-8,12,21H2,1-4H3/q+1. The fourth-order valence-electron chi connectivity index (χ4n) is 6.36. The van der Waals surface area contributed by atoms with Crippen LogP contribution < -0.4 is 4.57 Å². The highest BCUT2D eigenvalue weighted by atomic mass is 15.0. The SMILES string of the molecule is CCCCc1cccc2c3[n+](ccc12)CC(C)C(CC)(CC)c1cc2ccccc2cc1-3. The molecule has 4 aromatic rings. The minimum atomic E-state index is 0.192. The summed E-state index contributed by atoms with van der Waals surface area (Å²) >= 11 is 0. The van der Waals surface area contributed by atoms with Crippen LogP contribution in [0.4, 0.5) is 0 Å². The van der Waals surface area contributed by atoms with Crippen molar-refractivity contribution in [1.82, 2.24) is 0 Å². The predicted octanol–water partition coefficient (Wildman–Crippen LogP) is 8.00. The molecule has 0 fully saturated rings. The van der Waals surface area contributed by atoms with Crippen molar-refractivity contribution < 1.29 is 4.57 Å². The van der Waals surface area contributed by atoms with E-state index in [0.29, 0.717) is 5.92 Å². The van der Waals surface area contributed by atoms with Crippen molar-refractivity contribution in [2.24, 2.45) is 5.92 Å². The summed E-state index contributed by atoms with van der Waals surface area (Å²) in [5.74, 6) is 0.574. The van der Waals surface area contributed by atoms with Gasteiger partial charge in [0.25, 0.3) is 0 Å². The van der Waals surface area contributed by atoms with Crippen LogP contribution in [-0.4, -0.2) is 0 Å². The minimum Gasteiger partial charge on any atom is -0.197 e. The first kappa shape index (κ1) is 21.2. The van der Waals surface area contributed by atoms with Crippen molar-refractivity contribution in [2.75, 3.05) is 0 Å². The molecule has 1 aliphatic rings. The summed E-state index contributed by atoms with van der Waals surface area (Å²) < 4.78 is 2.55. The maximum absolute atomic E-state index is 2.55. The number of hydrogen-bond acceptors (Lipinski definition) is 0. The van der Waals surface area contributed by atoms with E-state index in [4.69, 9.17) is 0 Å². The number of nitrogens with zero attached hydrogens (tertiary/aromatic N) is 1. The summed E-state index contributed by atoms with van der Waals surface area (Å²) in [5, 5.41) is 5.54. The van der Waals surface area contributed by atoms with Gasteiger partial charge in [0.15, 0.2) is 12.7 Å². The van der Waals surface area contributed by atoms with E-state index in [0.717, 1.165) is 13.0 Å². The van der Waals surface area contributed by atoms with Crippen LogP contribution in [-0.2, 0) is 18.4 Å². The van der Waals surface area contributed by atoms with Gasteiger partial charge in [0, 0.05) is 17.4 Å². The number of benzene rings is 3. The van der Waals surface area contributed by atoms with Gasteiger partial charge in [0.2, 0.25) is 5.69 Å². The lowest BCUT2D eigenvalue weighted by atomic mass is 9.66. The van der Waals surface area contributed by atoms with E-state index in [2.05, 4.69) is 99.1 Å². The summed E-state index contributed by atoms with van der Waals surface area (Å²) in [6.07, 6.45) is 8.35. The van der Waals surface area contributed by atoms with Gasteiger partial charge in [-0.2, -0.15) is 4.57 Å². The zero-order valence-corrected chi connectivity index (χ0v) is 20.1. The van der Waals surface area contributed by atoms with Gasteiger partial charge in [0.1, 0.15) is 0 Å². The number of hydrogen-bond donors (Lipinski definition) is 0. The molecular formula is C31H36N+. The first-order valence-electron chi connectivity index (χ1n) is 12.6. The molecule has 3 aromatic carbocycles. The van der Waals surface area contributed by atoms with Gasteiger partial charge in [-0.25, -0.2) is 0 Å². The Hall–Kier alpha value is -2.67. The average molecular weight is 423 g/mol. The van der Waals surface area contributed by atoms with Crippen molar-refractivity contribution in [2.45, 2.75) is 71.8 Å². The Bertz CT molecular complexity index is 1280. The van der Waals surface area contributed by atoms with E-state index in [1.807, 2.05) is 0 Å². The Balaban J connectivity index is 1.89. The molecule has 1 aromatic heterocycles. The molecule has 0 amide bonds. The monoisotopic (exact) mass is 422 g/mol. The Labute approximate surface area is 193 Å². The summed E-state index contributed by atoms with van der Waals surface area (Å²) in [6.45, 7) is 10.6. The lowest BCUT2D eigenvalue weighted by Gasteiger charge is -2.36. The third kappa shape index (κ3) is 3.17. The molecule has 0 N–H and O–H groups in total. The highest BCUT2D eigenvalue weighted by Crippen LogP contribution is 2.47. The first-order valence-corrected chi connectivity index (χ1v) is 12.6. The fourth-order valence-corrected chi connectivity index (χ4v) is 6.36. The molecule has 1 atom stereocenters. The number of fused-ring (bicyclic) bond motifs is 6. The Kier molecular flexibility index (Phi) is 5.53. The molecule has 1 heteroatoms. The summed E-state index contributed by atoms with van der Waals surface area (Å²) in [6, 6.07) is 23.2. The van der Waals surface area contributed by atoms with Gasteiger partial charge in [-0.3, -0.25) is 0 Å². The topological polar surface area (TPSA) is 3.88 Å². The third-order valence-electron chi connectivity index (χ3n) is 8.31. The zero-order valence-electron chi connectivity index (χ0n) is 20.1. The van der Waals surface area contributed by atoms with Gasteiger partial charge in [-0.05, 0) is 71.2 Å². The molecule has 0 radical (unpaired) electrons. The van der Waals surface area contributed by atoms with Crippen molar-refractivity contribution in [3.8, 4) is 11.3 Å². The third-order valence-corrected chi connectivity index (χ3v) is 8.31. The second-order valence-corrected chi connectivity index (χ2v) is 9.81. The largest absolute Gasteiger partial charge is 0.220 e. The predicted molar refractivity (Wildman–Crippen MR) is 137 cm³/mol. The Morgan fingerprint density at radius 1 is 0.875 bits per heavy atom. The number of aromatic nitrogens is 1. The maximum atomic E-state index is 2.55. The quantitative estimate of drug-likeness (QED) is 0.287. The molecular weight excluding hydrogens is 386 g/mol. The normalized spacial score (nSPS) is 17.2. The molecule has 1 unspecified atom stereocenters. The summed E-state index contributed by atoms with van der Waals surface area (Å²) in [5.41, 5.74) is 6.08. The number of rotatable bonds is 5. The van der Waals surface area contributed by atoms with Crippen molar-refractivity contribution >= 4 is 21.5 Å². The van der Waals surface area contributed by atoms with Crippen molar-refractivity contribution in [3.05, 3.63) is 78.0 Å². The van der Waals surface area contributed by atoms with Gasteiger partial charge < -0.3 is 0 Å². The molecule has 1 aliphatic heterocycles. The molecule has 0 aliphatic carbocycles. The second kappa shape index (κ2) is 8.35. The zero-order chi connectivity index (χ0) is 22.3. The van der Waals surface area contributed by atoms with Crippen LogP contribution in [0.1, 0.15) is 64.5 Å². The Morgan fingerprint density at radius 3 is 2.34 bits per heavy atom. The lowest BCUT2D eigenvalue weighted by Crippen LogP contribution is -2.43. The Morgan fingerprint density at radius 2 is 1.62 bits per heavy atom. The van der Waals surface area contributed by atoms with E-state index in [1.54, 1.807) is 5.56 Å². The van der Waals surface area contributed by atoms with Crippen LogP contribution >= 0.6 is 0 Å². The smallest absolute Gasteiger partial charge is 0.197 e. The molecule has 1 nitrogen and oxygen atoms in total. The molecule has 0 saturated heterocycles. The highest BCUT2D eigenvalue weighted by molar-refractivity contribution is 5.98. The van der Waals surface area contributed by atoms with Crippen LogP contribution in [0.3, 0.4) is 0 Å². The van der Waals surface area contributed by atoms with Gasteiger partial charge in [-0.1, -0.05) is 70.5 Å². The van der Waals surface area contributed by atoms with E-state index < -0.39 is 0 Å². The molecule has 32 heavy (non-hydrogen) atoms. The molecule has 5 rings (SSSR count). The second-order valence-electron chi connectivity index (χ2n) is 9.81.